The van der Waals surface area contributed by atoms with Gasteiger partial charge in [0.25, 0.3) is 0 Å². The largest absolute Gasteiger partial charge is 0.444 e. The van der Waals surface area contributed by atoms with E-state index in [2.05, 4.69) is 62.8 Å². The number of hydrogen-bond acceptors (Lipinski definition) is 7. The quantitative estimate of drug-likeness (QED) is 0.0592. The SMILES string of the molecule is CC.CN[C@@H](CC(C)C)C(C)CC(C)C(=O)NC(CC1CCCCC1)C(C)C.CSCC/C=C(\C=O)NC(=O)C(NC(=O)OC(C)(C)C)C(C)C. The maximum absolute atomic E-state index is 12.8. The van der Waals surface area contributed by atoms with Gasteiger partial charge in [-0.2, -0.15) is 11.8 Å². The number of allylic oxidation sites excluding steroid dienone is 2. The fraction of sp³-hybridized carbons (Fsp3) is 0.854. The van der Waals surface area contributed by atoms with Crippen LogP contribution in [-0.2, 0) is 19.1 Å². The van der Waals surface area contributed by atoms with Gasteiger partial charge in [0.1, 0.15) is 11.6 Å². The molecule has 5 atom stereocenters. The fourth-order valence-electron chi connectivity index (χ4n) is 6.23. The topological polar surface area (TPSA) is 126 Å². The van der Waals surface area contributed by atoms with Gasteiger partial charge in [0, 0.05) is 18.0 Å². The first-order valence-corrected chi connectivity index (χ1v) is 21.2. The molecule has 51 heavy (non-hydrogen) atoms. The van der Waals surface area contributed by atoms with Gasteiger partial charge in [-0.25, -0.2) is 4.79 Å². The van der Waals surface area contributed by atoms with Crippen LogP contribution < -0.4 is 21.3 Å². The number of alkyl carbamates (subject to hydrolysis) is 1. The van der Waals surface area contributed by atoms with E-state index in [9.17, 15) is 19.2 Å². The zero-order chi connectivity index (χ0) is 39.7. The molecule has 9 nitrogen and oxygen atoms in total. The van der Waals surface area contributed by atoms with Crippen molar-refractivity contribution in [1.82, 2.24) is 21.3 Å². The minimum Gasteiger partial charge on any atom is -0.444 e. The standard InChI is InChI=1S/C23H46N2O.C16H28N2O4S.C2H6/c1-16(2)13-22(24-7)18(5)14-19(6)23(26)25-21(17(3)4)15-20-11-9-8-10-12-20;1-11(2)13(18-15(21)22-16(3,4)5)14(20)17-12(10-19)8-7-9-23-6;1-2/h16-22,24H,8-15H2,1-7H3,(H,25,26);8,10-11,13H,7,9H2,1-6H3,(H,17,20)(H,18,21);1-2H3/b;12-8+;/t18?,19?,21?,22-;;/m0../s1. The van der Waals surface area contributed by atoms with Gasteiger partial charge in [-0.05, 0) is 95.1 Å². The Morgan fingerprint density at radius 3 is 1.88 bits per heavy atom. The lowest BCUT2D eigenvalue weighted by Gasteiger charge is -2.31. The molecular formula is C41H80N4O5S. The zero-order valence-corrected chi connectivity index (χ0v) is 36.2. The van der Waals surface area contributed by atoms with Gasteiger partial charge in [-0.3, -0.25) is 14.4 Å². The smallest absolute Gasteiger partial charge is 0.408 e. The highest BCUT2D eigenvalue weighted by molar-refractivity contribution is 7.98. The summed E-state index contributed by atoms with van der Waals surface area (Å²) >= 11 is 1.65. The molecule has 1 aliphatic rings. The molecule has 1 aliphatic carbocycles. The first-order valence-electron chi connectivity index (χ1n) is 19.8. The van der Waals surface area contributed by atoms with E-state index < -0.39 is 23.6 Å². The van der Waals surface area contributed by atoms with Crippen LogP contribution in [0.2, 0.25) is 0 Å². The second kappa shape index (κ2) is 28.4. The predicted molar refractivity (Wildman–Crippen MR) is 218 cm³/mol. The minimum atomic E-state index is -0.784. The van der Waals surface area contributed by atoms with Gasteiger partial charge in [-0.1, -0.05) is 107 Å². The summed E-state index contributed by atoms with van der Waals surface area (Å²) in [6.07, 6.45) is 14.4. The summed E-state index contributed by atoms with van der Waals surface area (Å²) in [5, 5.41) is 12.0. The van der Waals surface area contributed by atoms with E-state index in [4.69, 9.17) is 4.74 Å². The van der Waals surface area contributed by atoms with E-state index >= 15 is 0 Å². The van der Waals surface area contributed by atoms with Crippen LogP contribution in [0.25, 0.3) is 0 Å². The number of carbonyl (C=O) groups is 4. The molecule has 0 heterocycles. The molecule has 4 N–H and O–H groups in total. The number of hydrogen-bond donors (Lipinski definition) is 4. The summed E-state index contributed by atoms with van der Waals surface area (Å²) < 4.78 is 5.16. The Morgan fingerprint density at radius 1 is 0.843 bits per heavy atom. The number of amides is 3. The highest BCUT2D eigenvalue weighted by Gasteiger charge is 2.28. The molecule has 0 radical (unpaired) electrons. The summed E-state index contributed by atoms with van der Waals surface area (Å²) in [6, 6.07) is 0.0428. The lowest BCUT2D eigenvalue weighted by molar-refractivity contribution is -0.126. The van der Waals surface area contributed by atoms with Crippen molar-refractivity contribution < 1.29 is 23.9 Å². The Labute approximate surface area is 318 Å². The highest BCUT2D eigenvalue weighted by atomic mass is 32.2. The molecular weight excluding hydrogens is 661 g/mol. The van der Waals surface area contributed by atoms with Gasteiger partial charge in [-0.15, -0.1) is 0 Å². The Hall–Kier alpha value is -2.07. The first-order chi connectivity index (χ1) is 23.8. The Balaban J connectivity index is 0. The maximum atomic E-state index is 12.8. The summed E-state index contributed by atoms with van der Waals surface area (Å²) in [4.78, 5) is 48.0. The average molecular weight is 741 g/mol. The second-order valence-corrected chi connectivity index (χ2v) is 17.1. The third-order valence-electron chi connectivity index (χ3n) is 9.10. The van der Waals surface area contributed by atoms with E-state index in [1.54, 1.807) is 52.5 Å². The first kappa shape index (κ1) is 51.0. The van der Waals surface area contributed by atoms with Crippen LogP contribution in [-0.4, -0.2) is 67.0 Å². The predicted octanol–water partition coefficient (Wildman–Crippen LogP) is 8.91. The molecule has 1 rings (SSSR count). The lowest BCUT2D eigenvalue weighted by Crippen LogP contribution is -2.50. The normalized spacial score (nSPS) is 16.8. The third kappa shape index (κ3) is 24.7. The molecule has 0 aliphatic heterocycles. The Kier molecular flexibility index (Phi) is 28.5. The van der Waals surface area contributed by atoms with Crippen molar-refractivity contribution in [3.63, 3.8) is 0 Å². The fourth-order valence-corrected chi connectivity index (χ4v) is 6.58. The summed E-state index contributed by atoms with van der Waals surface area (Å²) in [6.45, 7) is 26.3. The lowest BCUT2D eigenvalue weighted by atomic mass is 9.82. The molecule has 0 bridgehead atoms. The van der Waals surface area contributed by atoms with E-state index in [0.717, 1.165) is 24.5 Å². The van der Waals surface area contributed by atoms with Crippen molar-refractivity contribution >= 4 is 36.0 Å². The Morgan fingerprint density at radius 2 is 1.43 bits per heavy atom. The summed E-state index contributed by atoms with van der Waals surface area (Å²) in [5.41, 5.74) is -0.436. The summed E-state index contributed by atoms with van der Waals surface area (Å²) in [7, 11) is 2.05. The molecule has 3 amide bonds. The number of thioether (sulfide) groups is 1. The number of rotatable bonds is 19. The number of ether oxygens (including phenoxy) is 1. The second-order valence-electron chi connectivity index (χ2n) is 16.2. The van der Waals surface area contributed by atoms with E-state index in [1.165, 1.54) is 38.5 Å². The molecule has 10 heteroatoms. The highest BCUT2D eigenvalue weighted by Crippen LogP contribution is 2.29. The Bertz CT molecular complexity index is 989. The van der Waals surface area contributed by atoms with Crippen LogP contribution in [0.5, 0.6) is 0 Å². The number of nitrogens with one attached hydrogen (secondary N) is 4. The van der Waals surface area contributed by atoms with Gasteiger partial charge in [0.15, 0.2) is 6.29 Å². The maximum Gasteiger partial charge on any atom is 0.408 e. The molecule has 0 aromatic heterocycles. The third-order valence-corrected chi connectivity index (χ3v) is 9.75. The van der Waals surface area contributed by atoms with Crippen molar-refractivity contribution in [2.45, 2.75) is 172 Å². The van der Waals surface area contributed by atoms with Crippen molar-refractivity contribution in [3.8, 4) is 0 Å². The monoisotopic (exact) mass is 741 g/mol. The van der Waals surface area contributed by atoms with Crippen LogP contribution >= 0.6 is 11.8 Å². The van der Waals surface area contributed by atoms with Crippen LogP contribution in [0, 0.1) is 35.5 Å². The molecule has 300 valence electrons. The van der Waals surface area contributed by atoms with Crippen molar-refractivity contribution in [2.75, 3.05) is 19.1 Å². The van der Waals surface area contributed by atoms with Gasteiger partial charge >= 0.3 is 6.09 Å². The number of carbonyl (C=O) groups excluding carboxylic acids is 4. The van der Waals surface area contributed by atoms with Gasteiger partial charge in [0.05, 0.1) is 5.70 Å². The van der Waals surface area contributed by atoms with Gasteiger partial charge in [0.2, 0.25) is 11.8 Å². The van der Waals surface area contributed by atoms with Gasteiger partial charge < -0.3 is 26.0 Å². The van der Waals surface area contributed by atoms with Crippen molar-refractivity contribution in [3.05, 3.63) is 11.8 Å². The minimum absolute atomic E-state index is 0.0839. The van der Waals surface area contributed by atoms with Crippen LogP contribution in [0.4, 0.5) is 4.79 Å². The zero-order valence-electron chi connectivity index (χ0n) is 35.4. The molecule has 0 aromatic rings. The molecule has 1 saturated carbocycles. The molecule has 1 fully saturated rings. The molecule has 0 spiro atoms. The van der Waals surface area contributed by atoms with Crippen molar-refractivity contribution in [1.29, 1.82) is 0 Å². The average Bonchev–Trinajstić information content (AvgIpc) is 3.05. The number of aldehydes is 1. The van der Waals surface area contributed by atoms with Crippen molar-refractivity contribution in [2.24, 2.45) is 35.5 Å². The van der Waals surface area contributed by atoms with E-state index in [-0.39, 0.29) is 23.4 Å². The van der Waals surface area contributed by atoms with E-state index in [0.29, 0.717) is 42.5 Å². The molecule has 0 saturated heterocycles. The van der Waals surface area contributed by atoms with Crippen LogP contribution in [0.15, 0.2) is 11.8 Å². The molecule has 0 aromatic carbocycles. The van der Waals surface area contributed by atoms with Crippen LogP contribution in [0.1, 0.15) is 148 Å². The van der Waals surface area contributed by atoms with Crippen LogP contribution in [0.3, 0.4) is 0 Å². The van der Waals surface area contributed by atoms with E-state index in [1.807, 2.05) is 27.2 Å². The molecule has 4 unspecified atom stereocenters. The summed E-state index contributed by atoms with van der Waals surface area (Å²) in [5.74, 6) is 3.12.